The molecule has 0 spiro atoms. The summed E-state index contributed by atoms with van der Waals surface area (Å²) >= 11 is 11.0. The highest BCUT2D eigenvalue weighted by molar-refractivity contribution is 9.11. The minimum Gasteiger partial charge on any atom is -0.336 e. The maximum absolute atomic E-state index is 12.1. The summed E-state index contributed by atoms with van der Waals surface area (Å²) in [6.07, 6.45) is 0.993. The molecule has 1 aromatic rings. The molecular formula is C11H13BrClNOS. The van der Waals surface area contributed by atoms with Crippen molar-refractivity contribution < 1.29 is 4.79 Å². The lowest BCUT2D eigenvalue weighted by molar-refractivity contribution is 0.0706. The molecule has 0 N–H and O–H groups in total. The molecule has 2 unspecified atom stereocenters. The first-order valence-corrected chi connectivity index (χ1v) is 7.31. The van der Waals surface area contributed by atoms with Gasteiger partial charge in [-0.3, -0.25) is 4.79 Å². The van der Waals surface area contributed by atoms with Crippen molar-refractivity contribution in [2.45, 2.75) is 18.7 Å². The highest BCUT2D eigenvalue weighted by atomic mass is 79.9. The Labute approximate surface area is 113 Å². The number of thiophene rings is 1. The van der Waals surface area contributed by atoms with Gasteiger partial charge in [-0.15, -0.1) is 22.9 Å². The Hall–Kier alpha value is -0.0600. The van der Waals surface area contributed by atoms with Crippen LogP contribution in [0, 0.1) is 5.92 Å². The lowest BCUT2D eigenvalue weighted by atomic mass is 9.98. The van der Waals surface area contributed by atoms with Crippen LogP contribution in [0.15, 0.2) is 15.9 Å². The molecule has 1 amide bonds. The molecule has 0 aliphatic carbocycles. The summed E-state index contributed by atoms with van der Waals surface area (Å²) in [4.78, 5) is 14.8. The third-order valence-corrected chi connectivity index (χ3v) is 5.12. The highest BCUT2D eigenvalue weighted by Gasteiger charge is 2.28. The molecule has 2 heterocycles. The fraction of sp³-hybridized carbons (Fsp3) is 0.545. The molecule has 1 saturated heterocycles. The first-order valence-electron chi connectivity index (χ1n) is 5.26. The minimum absolute atomic E-state index is 0.0844. The number of likely N-dealkylation sites (tertiary alicyclic amines) is 1. The quantitative estimate of drug-likeness (QED) is 0.723. The van der Waals surface area contributed by atoms with Crippen LogP contribution in [0.1, 0.15) is 23.0 Å². The van der Waals surface area contributed by atoms with Crippen LogP contribution in [0.2, 0.25) is 0 Å². The summed E-state index contributed by atoms with van der Waals surface area (Å²) in [5, 5.41) is 0.0844. The number of alkyl halides is 1. The SMILES string of the molecule is CC1CCN(C(=O)c2ccc(Br)s2)CC1Cl. The number of piperidine rings is 1. The van der Waals surface area contributed by atoms with Gasteiger partial charge in [0, 0.05) is 13.1 Å². The second-order valence-electron chi connectivity index (χ2n) is 4.14. The zero-order chi connectivity index (χ0) is 11.7. The van der Waals surface area contributed by atoms with E-state index in [-0.39, 0.29) is 11.3 Å². The van der Waals surface area contributed by atoms with Gasteiger partial charge in [0.2, 0.25) is 0 Å². The molecule has 1 aliphatic rings. The van der Waals surface area contributed by atoms with E-state index in [1.807, 2.05) is 17.0 Å². The highest BCUT2D eigenvalue weighted by Crippen LogP contribution is 2.27. The predicted molar refractivity (Wildman–Crippen MR) is 71.3 cm³/mol. The number of hydrogen-bond acceptors (Lipinski definition) is 2. The molecule has 2 nitrogen and oxygen atoms in total. The van der Waals surface area contributed by atoms with E-state index in [4.69, 9.17) is 11.6 Å². The van der Waals surface area contributed by atoms with Crippen molar-refractivity contribution in [3.05, 3.63) is 20.8 Å². The van der Waals surface area contributed by atoms with Gasteiger partial charge in [-0.05, 0) is 40.4 Å². The maximum Gasteiger partial charge on any atom is 0.264 e. The van der Waals surface area contributed by atoms with Gasteiger partial charge >= 0.3 is 0 Å². The van der Waals surface area contributed by atoms with E-state index in [1.165, 1.54) is 11.3 Å². The average Bonchev–Trinajstić information content (AvgIpc) is 2.68. The molecule has 0 bridgehead atoms. The van der Waals surface area contributed by atoms with Gasteiger partial charge in [-0.25, -0.2) is 0 Å². The summed E-state index contributed by atoms with van der Waals surface area (Å²) in [5.74, 6) is 0.606. The fourth-order valence-corrected chi connectivity index (χ4v) is 3.44. The number of nitrogens with zero attached hydrogens (tertiary/aromatic N) is 1. The van der Waals surface area contributed by atoms with Crippen LogP contribution in [-0.4, -0.2) is 29.3 Å². The molecule has 1 aromatic heterocycles. The molecule has 16 heavy (non-hydrogen) atoms. The minimum atomic E-state index is 0.0844. The van der Waals surface area contributed by atoms with E-state index in [9.17, 15) is 4.79 Å². The summed E-state index contributed by atoms with van der Waals surface area (Å²) in [6, 6.07) is 3.76. The van der Waals surface area contributed by atoms with Gasteiger partial charge in [-0.1, -0.05) is 6.92 Å². The Morgan fingerprint density at radius 1 is 1.62 bits per heavy atom. The number of halogens is 2. The predicted octanol–water partition coefficient (Wildman–Crippen LogP) is 3.60. The van der Waals surface area contributed by atoms with Gasteiger partial charge in [0.05, 0.1) is 14.0 Å². The van der Waals surface area contributed by atoms with Gasteiger partial charge in [0.1, 0.15) is 0 Å². The maximum atomic E-state index is 12.1. The molecular weight excluding hydrogens is 310 g/mol. The Bertz CT molecular complexity index is 395. The zero-order valence-corrected chi connectivity index (χ0v) is 12.1. The largest absolute Gasteiger partial charge is 0.336 e. The molecule has 2 atom stereocenters. The lowest BCUT2D eigenvalue weighted by Gasteiger charge is -2.33. The van der Waals surface area contributed by atoms with Crippen LogP contribution < -0.4 is 0 Å². The van der Waals surface area contributed by atoms with Crippen LogP contribution in [0.4, 0.5) is 0 Å². The van der Waals surface area contributed by atoms with E-state index < -0.39 is 0 Å². The van der Waals surface area contributed by atoms with E-state index in [1.54, 1.807) is 0 Å². The summed E-state index contributed by atoms with van der Waals surface area (Å²) < 4.78 is 0.989. The van der Waals surface area contributed by atoms with Crippen LogP contribution in [-0.2, 0) is 0 Å². The standard InChI is InChI=1S/C11H13BrClNOS/c1-7-4-5-14(6-8(7)13)11(15)9-2-3-10(12)16-9/h2-3,7-8H,4-6H2,1H3. The molecule has 2 rings (SSSR count). The average molecular weight is 323 g/mol. The Balaban J connectivity index is 2.06. The van der Waals surface area contributed by atoms with Crippen LogP contribution in [0.5, 0.6) is 0 Å². The fourth-order valence-electron chi connectivity index (χ4n) is 1.79. The van der Waals surface area contributed by atoms with Crippen molar-refractivity contribution in [1.29, 1.82) is 0 Å². The van der Waals surface area contributed by atoms with Crippen LogP contribution in [0.25, 0.3) is 0 Å². The van der Waals surface area contributed by atoms with Crippen molar-refractivity contribution >= 4 is 44.8 Å². The van der Waals surface area contributed by atoms with Crippen molar-refractivity contribution in [1.82, 2.24) is 4.90 Å². The summed E-state index contributed by atoms with van der Waals surface area (Å²) in [6.45, 7) is 3.62. The molecule has 5 heteroatoms. The molecule has 0 aromatic carbocycles. The molecule has 1 fully saturated rings. The third-order valence-electron chi connectivity index (χ3n) is 2.94. The number of rotatable bonds is 1. The van der Waals surface area contributed by atoms with E-state index in [0.29, 0.717) is 12.5 Å². The Morgan fingerprint density at radius 2 is 2.38 bits per heavy atom. The van der Waals surface area contributed by atoms with Gasteiger partial charge in [-0.2, -0.15) is 0 Å². The molecule has 88 valence electrons. The van der Waals surface area contributed by atoms with Crippen molar-refractivity contribution in [3.63, 3.8) is 0 Å². The number of carbonyl (C=O) groups excluding carboxylic acids is 1. The van der Waals surface area contributed by atoms with Crippen molar-refractivity contribution in [2.24, 2.45) is 5.92 Å². The van der Waals surface area contributed by atoms with Crippen molar-refractivity contribution in [3.8, 4) is 0 Å². The van der Waals surface area contributed by atoms with Crippen molar-refractivity contribution in [2.75, 3.05) is 13.1 Å². The number of amides is 1. The Morgan fingerprint density at radius 3 is 2.94 bits per heavy atom. The first-order chi connectivity index (χ1) is 7.58. The normalized spacial score (nSPS) is 25.8. The topological polar surface area (TPSA) is 20.3 Å². The molecule has 0 saturated carbocycles. The van der Waals surface area contributed by atoms with E-state index in [2.05, 4.69) is 22.9 Å². The van der Waals surface area contributed by atoms with E-state index >= 15 is 0 Å². The molecule has 0 radical (unpaired) electrons. The third kappa shape index (κ3) is 2.60. The van der Waals surface area contributed by atoms with E-state index in [0.717, 1.165) is 21.6 Å². The first kappa shape index (κ1) is 12.4. The number of hydrogen-bond donors (Lipinski definition) is 0. The van der Waals surface area contributed by atoms with Gasteiger partial charge < -0.3 is 4.90 Å². The van der Waals surface area contributed by atoms with Crippen LogP contribution in [0.3, 0.4) is 0 Å². The molecule has 1 aliphatic heterocycles. The Kier molecular flexibility index (Phi) is 3.93. The monoisotopic (exact) mass is 321 g/mol. The second-order valence-corrected chi connectivity index (χ2v) is 7.16. The lowest BCUT2D eigenvalue weighted by Crippen LogP contribution is -2.43. The summed E-state index contributed by atoms with van der Waals surface area (Å²) in [5.41, 5.74) is 0. The smallest absolute Gasteiger partial charge is 0.264 e. The van der Waals surface area contributed by atoms with Gasteiger partial charge in [0.25, 0.3) is 5.91 Å². The number of carbonyl (C=O) groups is 1. The zero-order valence-electron chi connectivity index (χ0n) is 8.95. The van der Waals surface area contributed by atoms with Crippen LogP contribution >= 0.6 is 38.9 Å². The summed E-state index contributed by atoms with van der Waals surface area (Å²) in [7, 11) is 0. The van der Waals surface area contributed by atoms with Gasteiger partial charge in [0.15, 0.2) is 0 Å². The second kappa shape index (κ2) is 5.07.